The minimum absolute atomic E-state index is 0.426. The number of nitrogens with zero attached hydrogens (tertiary/aromatic N) is 2. The van der Waals surface area contributed by atoms with Gasteiger partial charge in [-0.1, -0.05) is 4.68 Å². The number of nitrogen functional groups attached to an aromatic ring is 2. The van der Waals surface area contributed by atoms with Gasteiger partial charge < -0.3 is 5.73 Å². The maximum Gasteiger partial charge on any atom is 0.241 e. The molecule has 0 aliphatic heterocycles. The van der Waals surface area contributed by atoms with Crippen LogP contribution >= 0.6 is 0 Å². The molecule has 4 heteroatoms. The number of rotatable bonds is 0. The van der Waals surface area contributed by atoms with Gasteiger partial charge in [-0.25, -0.2) is 10.8 Å². The van der Waals surface area contributed by atoms with E-state index in [9.17, 15) is 0 Å². The van der Waals surface area contributed by atoms with E-state index in [4.69, 9.17) is 11.6 Å². The van der Waals surface area contributed by atoms with Gasteiger partial charge in [-0.2, -0.15) is 0 Å². The molecule has 0 aromatic carbocycles. The summed E-state index contributed by atoms with van der Waals surface area (Å²) in [5, 5.41) is 0. The Morgan fingerprint density at radius 1 is 1.62 bits per heavy atom. The van der Waals surface area contributed by atoms with Crippen molar-refractivity contribution in [1.82, 2.24) is 4.98 Å². The maximum absolute atomic E-state index is 5.26. The third kappa shape index (κ3) is 0.841. The lowest BCUT2D eigenvalue weighted by Gasteiger charge is -1.84. The fourth-order valence-electron chi connectivity index (χ4n) is 0.425. The van der Waals surface area contributed by atoms with Crippen LogP contribution in [-0.2, 0) is 0 Å². The van der Waals surface area contributed by atoms with Crippen molar-refractivity contribution in [2.45, 2.75) is 0 Å². The van der Waals surface area contributed by atoms with Crippen LogP contribution in [0.5, 0.6) is 0 Å². The Hall–Kier alpha value is -1.32. The summed E-state index contributed by atoms with van der Waals surface area (Å²) in [7, 11) is 0. The SMILES string of the molecule is Nc1c[n+](N)ccn1. The smallest absolute Gasteiger partial charge is 0.241 e. The average Bonchev–Trinajstić information content (AvgIpc) is 1.64. The van der Waals surface area contributed by atoms with Gasteiger partial charge in [0.1, 0.15) is 0 Å². The number of hydrogen-bond donors (Lipinski definition) is 2. The molecule has 4 N–H and O–H groups in total. The first-order chi connectivity index (χ1) is 3.79. The van der Waals surface area contributed by atoms with Crippen molar-refractivity contribution in [2.75, 3.05) is 11.6 Å². The lowest BCUT2D eigenvalue weighted by molar-refractivity contribution is -0.638. The van der Waals surface area contributed by atoms with Crippen LogP contribution < -0.4 is 16.3 Å². The quantitative estimate of drug-likeness (QED) is 0.322. The minimum Gasteiger partial charge on any atom is -0.379 e. The second kappa shape index (κ2) is 1.65. The largest absolute Gasteiger partial charge is 0.379 e. The molecule has 8 heavy (non-hydrogen) atoms. The van der Waals surface area contributed by atoms with Crippen LogP contribution in [0.15, 0.2) is 18.6 Å². The molecule has 0 aliphatic rings. The highest BCUT2D eigenvalue weighted by Gasteiger charge is 1.90. The third-order valence-corrected chi connectivity index (χ3v) is 0.744. The molecule has 0 saturated carbocycles. The Morgan fingerprint density at radius 2 is 2.38 bits per heavy atom. The third-order valence-electron chi connectivity index (χ3n) is 0.744. The van der Waals surface area contributed by atoms with E-state index < -0.39 is 0 Å². The summed E-state index contributed by atoms with van der Waals surface area (Å²) in [4.78, 5) is 3.72. The van der Waals surface area contributed by atoms with Crippen LogP contribution in [0, 0.1) is 0 Å². The molecule has 0 unspecified atom stereocenters. The van der Waals surface area contributed by atoms with Gasteiger partial charge in [0.15, 0.2) is 5.82 Å². The highest BCUT2D eigenvalue weighted by atomic mass is 15.3. The summed E-state index contributed by atoms with van der Waals surface area (Å²) in [5.41, 5.74) is 5.25. The molecular formula is C4H7N4+. The zero-order valence-electron chi connectivity index (χ0n) is 4.28. The van der Waals surface area contributed by atoms with E-state index in [1.807, 2.05) is 0 Å². The molecule has 0 fully saturated rings. The van der Waals surface area contributed by atoms with E-state index >= 15 is 0 Å². The first kappa shape index (κ1) is 4.83. The Bertz CT molecular complexity index is 168. The van der Waals surface area contributed by atoms with Crippen molar-refractivity contribution in [3.63, 3.8) is 0 Å². The van der Waals surface area contributed by atoms with Crippen LogP contribution in [0.4, 0.5) is 5.82 Å². The van der Waals surface area contributed by atoms with E-state index in [0.717, 1.165) is 0 Å². The van der Waals surface area contributed by atoms with Crippen molar-refractivity contribution in [3.05, 3.63) is 18.6 Å². The Kier molecular flexibility index (Phi) is 0.997. The Balaban J connectivity index is 3.08. The second-order valence-electron chi connectivity index (χ2n) is 1.43. The molecular weight excluding hydrogens is 104 g/mol. The Morgan fingerprint density at radius 3 is 2.75 bits per heavy atom. The van der Waals surface area contributed by atoms with Crippen molar-refractivity contribution >= 4 is 5.82 Å². The van der Waals surface area contributed by atoms with Gasteiger partial charge in [0.05, 0.1) is 6.20 Å². The van der Waals surface area contributed by atoms with Crippen LogP contribution in [0.2, 0.25) is 0 Å². The van der Waals surface area contributed by atoms with Crippen molar-refractivity contribution in [3.8, 4) is 0 Å². The molecule has 42 valence electrons. The summed E-state index contributed by atoms with van der Waals surface area (Å²) in [6.45, 7) is 0. The molecule has 0 bridgehead atoms. The Labute approximate surface area is 46.7 Å². The van der Waals surface area contributed by atoms with Gasteiger partial charge in [-0.15, -0.1) is 0 Å². The normalized spacial score (nSPS) is 9.00. The van der Waals surface area contributed by atoms with Crippen LogP contribution in [0.3, 0.4) is 0 Å². The number of nitrogens with two attached hydrogens (primary N) is 2. The maximum atomic E-state index is 5.26. The van der Waals surface area contributed by atoms with Crippen LogP contribution in [0.25, 0.3) is 0 Å². The van der Waals surface area contributed by atoms with Gasteiger partial charge in [0, 0.05) is 0 Å². The van der Waals surface area contributed by atoms with Gasteiger partial charge in [0.25, 0.3) is 0 Å². The topological polar surface area (TPSA) is 68.8 Å². The molecule has 0 aliphatic carbocycles. The number of hydrogen-bond acceptors (Lipinski definition) is 3. The van der Waals surface area contributed by atoms with E-state index in [1.54, 1.807) is 6.20 Å². The van der Waals surface area contributed by atoms with E-state index in [0.29, 0.717) is 5.82 Å². The molecule has 0 atom stereocenters. The summed E-state index contributed by atoms with van der Waals surface area (Å²) in [5.74, 6) is 5.68. The molecule has 0 saturated heterocycles. The fourth-order valence-corrected chi connectivity index (χ4v) is 0.425. The predicted molar refractivity (Wildman–Crippen MR) is 29.0 cm³/mol. The molecule has 0 spiro atoms. The standard InChI is InChI=1S/C4H7N4/c5-4-3-8(6)2-1-7-4/h1-3H,(H4,5,6,7)/q+1. The fraction of sp³-hybridized carbons (Fsp3) is 0. The van der Waals surface area contributed by atoms with Crippen LogP contribution in [-0.4, -0.2) is 4.98 Å². The molecule has 1 aromatic heterocycles. The average molecular weight is 111 g/mol. The zero-order valence-corrected chi connectivity index (χ0v) is 4.28. The minimum atomic E-state index is 0.426. The first-order valence-electron chi connectivity index (χ1n) is 2.17. The number of anilines is 1. The summed E-state index contributed by atoms with van der Waals surface area (Å²) in [6, 6.07) is 0. The first-order valence-corrected chi connectivity index (χ1v) is 2.17. The molecule has 1 aromatic rings. The summed E-state index contributed by atoms with van der Waals surface area (Å²) < 4.78 is 1.35. The molecule has 0 amide bonds. The number of aromatic nitrogens is 2. The van der Waals surface area contributed by atoms with Crippen LogP contribution in [0.1, 0.15) is 0 Å². The van der Waals surface area contributed by atoms with Crippen molar-refractivity contribution in [1.29, 1.82) is 0 Å². The zero-order chi connectivity index (χ0) is 5.98. The monoisotopic (exact) mass is 111 g/mol. The lowest BCUT2D eigenvalue weighted by atomic mass is 10.7. The molecule has 4 nitrogen and oxygen atoms in total. The van der Waals surface area contributed by atoms with Gasteiger partial charge in [-0.05, 0) is 0 Å². The lowest BCUT2D eigenvalue weighted by Crippen LogP contribution is -2.43. The summed E-state index contributed by atoms with van der Waals surface area (Å²) >= 11 is 0. The van der Waals surface area contributed by atoms with Gasteiger partial charge in [0.2, 0.25) is 12.4 Å². The van der Waals surface area contributed by atoms with Crippen molar-refractivity contribution in [2.24, 2.45) is 0 Å². The van der Waals surface area contributed by atoms with Gasteiger partial charge in [-0.3, -0.25) is 0 Å². The van der Waals surface area contributed by atoms with E-state index in [2.05, 4.69) is 4.98 Å². The van der Waals surface area contributed by atoms with E-state index in [-0.39, 0.29) is 0 Å². The highest BCUT2D eigenvalue weighted by Crippen LogP contribution is 1.82. The summed E-state index contributed by atoms with van der Waals surface area (Å²) in [6.07, 6.45) is 4.67. The van der Waals surface area contributed by atoms with Crippen molar-refractivity contribution < 1.29 is 4.68 Å². The molecule has 1 rings (SSSR count). The van der Waals surface area contributed by atoms with E-state index in [1.165, 1.54) is 17.1 Å². The van der Waals surface area contributed by atoms with Gasteiger partial charge >= 0.3 is 0 Å². The molecule has 0 radical (unpaired) electrons. The highest BCUT2D eigenvalue weighted by molar-refractivity contribution is 5.17. The second-order valence-corrected chi connectivity index (χ2v) is 1.43. The molecule has 1 heterocycles. The predicted octanol–water partition coefficient (Wildman–Crippen LogP) is -1.33.